The highest BCUT2D eigenvalue weighted by molar-refractivity contribution is 5.66. The predicted octanol–water partition coefficient (Wildman–Crippen LogP) is 4.79. The van der Waals surface area contributed by atoms with E-state index in [1.807, 2.05) is 0 Å². The van der Waals surface area contributed by atoms with Crippen LogP contribution in [0.3, 0.4) is 0 Å². The molecule has 2 aliphatic rings. The van der Waals surface area contributed by atoms with Crippen LogP contribution >= 0.6 is 0 Å². The van der Waals surface area contributed by atoms with Crippen molar-refractivity contribution in [1.29, 1.82) is 0 Å². The number of piperidine rings is 1. The predicted molar refractivity (Wildman–Crippen MR) is 110 cm³/mol. The first-order valence-electron chi connectivity index (χ1n) is 10.5. The summed E-state index contributed by atoms with van der Waals surface area (Å²) in [7, 11) is 0. The Morgan fingerprint density at radius 1 is 1.15 bits per heavy atom. The van der Waals surface area contributed by atoms with Crippen LogP contribution in [0.1, 0.15) is 58.4 Å². The van der Waals surface area contributed by atoms with Crippen molar-refractivity contribution in [2.45, 2.75) is 64.8 Å². The number of amides is 1. The number of nitrogens with zero attached hydrogens (tertiary/aromatic N) is 1. The third-order valence-electron chi connectivity index (χ3n) is 6.99. The van der Waals surface area contributed by atoms with Gasteiger partial charge in [-0.25, -0.2) is 4.79 Å². The Morgan fingerprint density at radius 2 is 1.81 bits per heavy atom. The zero-order valence-corrected chi connectivity index (χ0v) is 17.2. The fraction of sp³-hybridized carbons (Fsp3) is 0.696. The minimum absolute atomic E-state index is 0.0528. The number of carbonyl (C=O) groups is 1. The maximum Gasteiger partial charge on any atom is 0.405 e. The van der Waals surface area contributed by atoms with Crippen LogP contribution in [-0.4, -0.2) is 41.3 Å². The van der Waals surface area contributed by atoms with Crippen LogP contribution in [0.4, 0.5) is 4.79 Å². The summed E-state index contributed by atoms with van der Waals surface area (Å²) in [5.74, 6) is 1.40. The molecule has 3 rings (SSSR count). The van der Waals surface area contributed by atoms with Gasteiger partial charge in [0.1, 0.15) is 0 Å². The van der Waals surface area contributed by atoms with Crippen LogP contribution < -0.4 is 5.32 Å². The van der Waals surface area contributed by atoms with Crippen molar-refractivity contribution in [2.75, 3.05) is 19.6 Å². The van der Waals surface area contributed by atoms with Crippen molar-refractivity contribution >= 4 is 6.09 Å². The van der Waals surface area contributed by atoms with E-state index in [9.17, 15) is 9.90 Å². The zero-order chi connectivity index (χ0) is 19.5. The molecule has 150 valence electrons. The summed E-state index contributed by atoms with van der Waals surface area (Å²) in [5, 5.41) is 12.2. The van der Waals surface area contributed by atoms with Crippen molar-refractivity contribution in [2.24, 2.45) is 17.3 Å². The molecule has 1 aliphatic heterocycles. The van der Waals surface area contributed by atoms with Crippen LogP contribution in [0.25, 0.3) is 0 Å². The summed E-state index contributed by atoms with van der Waals surface area (Å²) < 4.78 is 0. The number of benzene rings is 1. The van der Waals surface area contributed by atoms with Crippen molar-refractivity contribution < 1.29 is 9.90 Å². The second kappa shape index (κ2) is 8.22. The summed E-state index contributed by atoms with van der Waals surface area (Å²) in [5.41, 5.74) is 1.12. The molecule has 0 spiro atoms. The normalized spacial score (nSPS) is 27.6. The zero-order valence-electron chi connectivity index (χ0n) is 17.2. The highest BCUT2D eigenvalue weighted by Crippen LogP contribution is 2.46. The lowest BCUT2D eigenvalue weighted by Crippen LogP contribution is -2.55. The molecule has 1 saturated carbocycles. The molecule has 27 heavy (non-hydrogen) atoms. The van der Waals surface area contributed by atoms with Crippen LogP contribution in [0, 0.1) is 17.3 Å². The van der Waals surface area contributed by atoms with E-state index < -0.39 is 6.09 Å². The van der Waals surface area contributed by atoms with Gasteiger partial charge in [-0.15, -0.1) is 0 Å². The third kappa shape index (κ3) is 5.04. The number of nitrogens with one attached hydrogen (secondary N) is 1. The van der Waals surface area contributed by atoms with Gasteiger partial charge >= 0.3 is 6.09 Å². The summed E-state index contributed by atoms with van der Waals surface area (Å²) in [4.78, 5) is 14.0. The van der Waals surface area contributed by atoms with E-state index in [-0.39, 0.29) is 11.0 Å². The number of hydrogen-bond donors (Lipinski definition) is 2. The Kier molecular flexibility index (Phi) is 6.15. The summed E-state index contributed by atoms with van der Waals surface area (Å²) in [6, 6.07) is 10.8. The molecule has 1 saturated heterocycles. The lowest BCUT2D eigenvalue weighted by Gasteiger charge is -2.42. The van der Waals surface area contributed by atoms with Crippen LogP contribution in [0.15, 0.2) is 30.3 Å². The van der Waals surface area contributed by atoms with Crippen LogP contribution in [0.5, 0.6) is 0 Å². The molecule has 4 nitrogen and oxygen atoms in total. The van der Waals surface area contributed by atoms with Crippen molar-refractivity contribution in [3.63, 3.8) is 0 Å². The number of carboxylic acid groups (broad SMARTS) is 1. The SMILES string of the molecule is CC(C)(C)C1(NC(=O)O)CC[C@H](CN2CCC(Cc3ccccc3)CC2)C1. The second-order valence-electron chi connectivity index (χ2n) is 9.80. The van der Waals surface area contributed by atoms with E-state index in [1.165, 1.54) is 37.9 Å². The molecule has 2 N–H and O–H groups in total. The second-order valence-corrected chi connectivity index (χ2v) is 9.80. The first kappa shape index (κ1) is 20.2. The highest BCUT2D eigenvalue weighted by Gasteiger charge is 2.48. The van der Waals surface area contributed by atoms with E-state index in [0.717, 1.165) is 31.7 Å². The fourth-order valence-corrected chi connectivity index (χ4v) is 5.18. The number of likely N-dealkylation sites (tertiary alicyclic amines) is 1. The Balaban J connectivity index is 1.49. The first-order chi connectivity index (χ1) is 12.8. The largest absolute Gasteiger partial charge is 0.465 e. The van der Waals surface area contributed by atoms with Gasteiger partial charge in [-0.2, -0.15) is 0 Å². The maximum absolute atomic E-state index is 11.4. The van der Waals surface area contributed by atoms with Gasteiger partial charge in [-0.3, -0.25) is 0 Å². The van der Waals surface area contributed by atoms with Crippen LogP contribution in [-0.2, 0) is 6.42 Å². The third-order valence-corrected chi connectivity index (χ3v) is 6.99. The lowest BCUT2D eigenvalue weighted by atomic mass is 9.72. The molecule has 2 fully saturated rings. The Bertz CT molecular complexity index is 617. The molecular formula is C23H36N2O2. The number of rotatable bonds is 5. The van der Waals surface area contributed by atoms with Gasteiger partial charge in [0.25, 0.3) is 0 Å². The van der Waals surface area contributed by atoms with Crippen molar-refractivity contribution in [3.05, 3.63) is 35.9 Å². The standard InChI is InChI=1S/C23H36N2O2/c1-22(2,3)23(24-21(26)27)12-9-20(16-23)17-25-13-10-19(11-14-25)15-18-7-5-4-6-8-18/h4-8,19-20,24H,9-17H2,1-3H3,(H,26,27)/t20-,23?/m0/s1. The molecule has 2 atom stereocenters. The van der Waals surface area contributed by atoms with E-state index >= 15 is 0 Å². The van der Waals surface area contributed by atoms with Gasteiger partial charge in [0.05, 0.1) is 0 Å². The highest BCUT2D eigenvalue weighted by atomic mass is 16.4. The summed E-state index contributed by atoms with van der Waals surface area (Å²) >= 11 is 0. The molecule has 1 heterocycles. The molecule has 1 unspecified atom stereocenters. The average molecular weight is 373 g/mol. The minimum atomic E-state index is -0.882. The molecule has 1 aromatic rings. The lowest BCUT2D eigenvalue weighted by molar-refractivity contribution is 0.112. The van der Waals surface area contributed by atoms with Crippen molar-refractivity contribution in [1.82, 2.24) is 10.2 Å². The van der Waals surface area contributed by atoms with E-state index in [0.29, 0.717) is 5.92 Å². The molecule has 1 amide bonds. The minimum Gasteiger partial charge on any atom is -0.465 e. The van der Waals surface area contributed by atoms with Gasteiger partial charge < -0.3 is 15.3 Å². The Labute approximate surface area is 164 Å². The van der Waals surface area contributed by atoms with E-state index in [2.05, 4.69) is 61.3 Å². The average Bonchev–Trinajstić information content (AvgIpc) is 3.01. The first-order valence-corrected chi connectivity index (χ1v) is 10.5. The monoisotopic (exact) mass is 372 g/mol. The smallest absolute Gasteiger partial charge is 0.405 e. The summed E-state index contributed by atoms with van der Waals surface area (Å²) in [6.45, 7) is 9.99. The molecular weight excluding hydrogens is 336 g/mol. The number of hydrogen-bond acceptors (Lipinski definition) is 2. The topological polar surface area (TPSA) is 52.6 Å². The summed E-state index contributed by atoms with van der Waals surface area (Å²) in [6.07, 6.45) is 5.92. The quantitative estimate of drug-likeness (QED) is 0.781. The Hall–Kier alpha value is -1.55. The molecule has 1 aromatic carbocycles. The van der Waals surface area contributed by atoms with Gasteiger partial charge in [0.15, 0.2) is 0 Å². The molecule has 1 aliphatic carbocycles. The van der Waals surface area contributed by atoms with Gasteiger partial charge in [-0.1, -0.05) is 51.1 Å². The van der Waals surface area contributed by atoms with E-state index in [1.54, 1.807) is 0 Å². The fourth-order valence-electron chi connectivity index (χ4n) is 5.18. The van der Waals surface area contributed by atoms with Gasteiger partial charge in [0.2, 0.25) is 0 Å². The molecule has 0 aromatic heterocycles. The van der Waals surface area contributed by atoms with Crippen LogP contribution in [0.2, 0.25) is 0 Å². The van der Waals surface area contributed by atoms with Gasteiger partial charge in [-0.05, 0) is 74.4 Å². The molecule has 0 bridgehead atoms. The molecule has 4 heteroatoms. The van der Waals surface area contributed by atoms with E-state index in [4.69, 9.17) is 0 Å². The Morgan fingerprint density at radius 3 is 2.41 bits per heavy atom. The van der Waals surface area contributed by atoms with Gasteiger partial charge in [0, 0.05) is 12.1 Å². The molecule has 0 radical (unpaired) electrons. The maximum atomic E-state index is 11.4. The van der Waals surface area contributed by atoms with Crippen molar-refractivity contribution in [3.8, 4) is 0 Å².